The molecule has 0 bridgehead atoms. The lowest BCUT2D eigenvalue weighted by Crippen LogP contribution is -2.22. The monoisotopic (exact) mass is 282 g/mol. The molecule has 0 aliphatic rings. The number of rotatable bonds is 6. The van der Waals surface area contributed by atoms with Crippen molar-refractivity contribution in [3.8, 4) is 11.1 Å². The van der Waals surface area contributed by atoms with E-state index in [2.05, 4.69) is 29.6 Å². The Hall–Kier alpha value is -2.29. The van der Waals surface area contributed by atoms with Crippen LogP contribution in [0, 0.1) is 0 Å². The fourth-order valence-electron chi connectivity index (χ4n) is 2.19. The Kier molecular flexibility index (Phi) is 5.38. The second-order valence-corrected chi connectivity index (χ2v) is 5.23. The van der Waals surface area contributed by atoms with Gasteiger partial charge in [-0.05, 0) is 18.1 Å². The van der Waals surface area contributed by atoms with Gasteiger partial charge in [-0.15, -0.1) is 0 Å². The summed E-state index contributed by atoms with van der Waals surface area (Å²) in [5, 5.41) is 3.44. The second-order valence-electron chi connectivity index (χ2n) is 5.23. The van der Waals surface area contributed by atoms with Gasteiger partial charge >= 0.3 is 0 Å². The van der Waals surface area contributed by atoms with Crippen molar-refractivity contribution in [2.24, 2.45) is 0 Å². The maximum Gasteiger partial charge on any atom is 0.222 e. The average Bonchev–Trinajstić information content (AvgIpc) is 2.52. The number of anilines is 1. The van der Waals surface area contributed by atoms with E-state index in [1.807, 2.05) is 30.3 Å². The maximum atomic E-state index is 11.5. The summed E-state index contributed by atoms with van der Waals surface area (Å²) >= 11 is 0. The molecule has 3 heteroatoms. The van der Waals surface area contributed by atoms with Crippen LogP contribution in [-0.4, -0.2) is 31.4 Å². The highest BCUT2D eigenvalue weighted by Crippen LogP contribution is 2.27. The van der Waals surface area contributed by atoms with Crippen LogP contribution in [0.1, 0.15) is 12.8 Å². The topological polar surface area (TPSA) is 32.3 Å². The van der Waals surface area contributed by atoms with Crippen molar-refractivity contribution in [1.82, 2.24) is 4.90 Å². The van der Waals surface area contributed by atoms with Crippen LogP contribution >= 0.6 is 0 Å². The lowest BCUT2D eigenvalue weighted by Gasteiger charge is -2.13. The highest BCUT2D eigenvalue weighted by Gasteiger charge is 2.05. The molecular formula is C18H22N2O. The SMILES string of the molecule is CN(C)C(=O)CCCNc1ccccc1-c1ccccc1. The van der Waals surface area contributed by atoms with Gasteiger partial charge in [0.25, 0.3) is 0 Å². The van der Waals surface area contributed by atoms with Gasteiger partial charge in [0.2, 0.25) is 5.91 Å². The zero-order valence-corrected chi connectivity index (χ0v) is 12.7. The average molecular weight is 282 g/mol. The highest BCUT2D eigenvalue weighted by atomic mass is 16.2. The zero-order valence-electron chi connectivity index (χ0n) is 12.7. The van der Waals surface area contributed by atoms with E-state index in [0.29, 0.717) is 6.42 Å². The minimum absolute atomic E-state index is 0.174. The standard InChI is InChI=1S/C18H22N2O/c1-20(2)18(21)13-8-14-19-17-12-7-6-11-16(17)15-9-4-3-5-10-15/h3-7,9-12,19H,8,13-14H2,1-2H3. The lowest BCUT2D eigenvalue weighted by molar-refractivity contribution is -0.128. The molecule has 0 aromatic heterocycles. The molecule has 0 aliphatic heterocycles. The summed E-state index contributed by atoms with van der Waals surface area (Å²) < 4.78 is 0. The summed E-state index contributed by atoms with van der Waals surface area (Å²) in [5.74, 6) is 0.174. The van der Waals surface area contributed by atoms with E-state index in [9.17, 15) is 4.79 Å². The first kappa shape index (κ1) is 15.1. The van der Waals surface area contributed by atoms with Gasteiger partial charge in [-0.2, -0.15) is 0 Å². The number of carbonyl (C=O) groups is 1. The van der Waals surface area contributed by atoms with E-state index < -0.39 is 0 Å². The number of amides is 1. The normalized spacial score (nSPS) is 10.2. The summed E-state index contributed by atoms with van der Waals surface area (Å²) in [7, 11) is 3.58. The fourth-order valence-corrected chi connectivity index (χ4v) is 2.19. The quantitative estimate of drug-likeness (QED) is 0.820. The third-order valence-electron chi connectivity index (χ3n) is 3.39. The van der Waals surface area contributed by atoms with E-state index in [1.165, 1.54) is 11.1 Å². The predicted octanol–water partition coefficient (Wildman–Crippen LogP) is 3.63. The van der Waals surface area contributed by atoms with Gasteiger partial charge < -0.3 is 10.2 Å². The van der Waals surface area contributed by atoms with Gasteiger partial charge in [0.1, 0.15) is 0 Å². The Bertz CT molecular complexity index is 579. The van der Waals surface area contributed by atoms with Crippen LogP contribution in [0.25, 0.3) is 11.1 Å². The Labute approximate surface area is 126 Å². The van der Waals surface area contributed by atoms with E-state index in [4.69, 9.17) is 0 Å². The molecule has 2 rings (SSSR count). The Morgan fingerprint density at radius 1 is 1.00 bits per heavy atom. The molecule has 1 N–H and O–H groups in total. The van der Waals surface area contributed by atoms with Crippen molar-refractivity contribution in [3.63, 3.8) is 0 Å². The molecule has 0 aliphatic carbocycles. The molecule has 110 valence electrons. The van der Waals surface area contributed by atoms with Crippen LogP contribution < -0.4 is 5.32 Å². The van der Waals surface area contributed by atoms with Crippen molar-refractivity contribution in [2.45, 2.75) is 12.8 Å². The third kappa shape index (κ3) is 4.35. The van der Waals surface area contributed by atoms with Crippen molar-refractivity contribution >= 4 is 11.6 Å². The van der Waals surface area contributed by atoms with Crippen molar-refractivity contribution in [3.05, 3.63) is 54.6 Å². The second kappa shape index (κ2) is 7.48. The molecule has 2 aromatic carbocycles. The number of hydrogen-bond acceptors (Lipinski definition) is 2. The molecule has 0 atom stereocenters. The summed E-state index contributed by atoms with van der Waals surface area (Å²) in [6.07, 6.45) is 1.41. The molecule has 1 amide bonds. The van der Waals surface area contributed by atoms with Gasteiger partial charge in [0.15, 0.2) is 0 Å². The largest absolute Gasteiger partial charge is 0.385 e. The Balaban J connectivity index is 1.97. The number of nitrogens with one attached hydrogen (secondary N) is 1. The first-order valence-electron chi connectivity index (χ1n) is 7.27. The molecule has 2 aromatic rings. The summed E-state index contributed by atoms with van der Waals surface area (Å²) in [6, 6.07) is 18.6. The summed E-state index contributed by atoms with van der Waals surface area (Å²) in [6.45, 7) is 0.795. The van der Waals surface area contributed by atoms with Crippen LogP contribution in [-0.2, 0) is 4.79 Å². The number of carbonyl (C=O) groups excluding carboxylic acids is 1. The van der Waals surface area contributed by atoms with Gasteiger partial charge in [-0.3, -0.25) is 4.79 Å². The molecule has 0 radical (unpaired) electrons. The van der Waals surface area contributed by atoms with Gasteiger partial charge in [0, 0.05) is 38.3 Å². The molecule has 0 saturated heterocycles. The molecule has 0 spiro atoms. The number of hydrogen-bond donors (Lipinski definition) is 1. The zero-order chi connectivity index (χ0) is 15.1. The summed E-state index contributed by atoms with van der Waals surface area (Å²) in [5.41, 5.74) is 3.50. The number of benzene rings is 2. The minimum atomic E-state index is 0.174. The Morgan fingerprint density at radius 3 is 2.38 bits per heavy atom. The number of para-hydroxylation sites is 1. The van der Waals surface area contributed by atoms with Crippen molar-refractivity contribution in [1.29, 1.82) is 0 Å². The molecule has 0 saturated carbocycles. The van der Waals surface area contributed by atoms with Crippen LogP contribution in [0.3, 0.4) is 0 Å². The van der Waals surface area contributed by atoms with Gasteiger partial charge in [-0.1, -0.05) is 48.5 Å². The predicted molar refractivity (Wildman–Crippen MR) is 88.3 cm³/mol. The van der Waals surface area contributed by atoms with E-state index in [1.54, 1.807) is 19.0 Å². The maximum absolute atomic E-state index is 11.5. The van der Waals surface area contributed by atoms with Gasteiger partial charge in [0.05, 0.1) is 0 Å². The van der Waals surface area contributed by atoms with Crippen molar-refractivity contribution < 1.29 is 4.79 Å². The molecule has 0 fully saturated rings. The Morgan fingerprint density at radius 2 is 1.67 bits per heavy atom. The number of nitrogens with zero attached hydrogens (tertiary/aromatic N) is 1. The fraction of sp³-hybridized carbons (Fsp3) is 0.278. The minimum Gasteiger partial charge on any atom is -0.385 e. The van der Waals surface area contributed by atoms with Crippen LogP contribution in [0.4, 0.5) is 5.69 Å². The molecular weight excluding hydrogens is 260 g/mol. The van der Waals surface area contributed by atoms with Crippen molar-refractivity contribution in [2.75, 3.05) is 26.0 Å². The first-order valence-corrected chi connectivity index (χ1v) is 7.27. The van der Waals surface area contributed by atoms with E-state index >= 15 is 0 Å². The molecule has 0 heterocycles. The lowest BCUT2D eigenvalue weighted by atomic mass is 10.0. The van der Waals surface area contributed by atoms with Crippen LogP contribution in [0.2, 0.25) is 0 Å². The smallest absolute Gasteiger partial charge is 0.222 e. The van der Waals surface area contributed by atoms with E-state index in [-0.39, 0.29) is 5.91 Å². The first-order chi connectivity index (χ1) is 10.2. The third-order valence-corrected chi connectivity index (χ3v) is 3.39. The van der Waals surface area contributed by atoms with Gasteiger partial charge in [-0.25, -0.2) is 0 Å². The van der Waals surface area contributed by atoms with E-state index in [0.717, 1.165) is 18.7 Å². The van der Waals surface area contributed by atoms with Crippen LogP contribution in [0.15, 0.2) is 54.6 Å². The van der Waals surface area contributed by atoms with Crippen LogP contribution in [0.5, 0.6) is 0 Å². The summed E-state index contributed by atoms with van der Waals surface area (Å²) in [4.78, 5) is 13.2. The highest BCUT2D eigenvalue weighted by molar-refractivity contribution is 5.78. The molecule has 21 heavy (non-hydrogen) atoms. The molecule has 3 nitrogen and oxygen atoms in total. The molecule has 0 unspecified atom stereocenters.